The van der Waals surface area contributed by atoms with Gasteiger partial charge in [-0.25, -0.2) is 0 Å². The number of rotatable bonds is 4. The number of aromatic amines is 1. The zero-order valence-electron chi connectivity index (χ0n) is 14.5. The third-order valence-corrected chi connectivity index (χ3v) is 4.86. The van der Waals surface area contributed by atoms with E-state index in [1.165, 1.54) is 16.6 Å². The Labute approximate surface area is 146 Å². The van der Waals surface area contributed by atoms with Gasteiger partial charge in [0, 0.05) is 52.9 Å². The smallest absolute Gasteiger partial charge is 0.251 e. The molecule has 126 valence electrons. The number of aromatic nitrogens is 2. The van der Waals surface area contributed by atoms with Crippen LogP contribution in [0.25, 0.3) is 21.8 Å². The SMILES string of the molecule is Cc1[nH]c2ccccc2c1CCNC(=O)c1cccc2c1ccn2C. The highest BCUT2D eigenvalue weighted by atomic mass is 16.1. The number of nitrogens with zero attached hydrogens (tertiary/aromatic N) is 1. The maximum absolute atomic E-state index is 12.6. The van der Waals surface area contributed by atoms with Gasteiger partial charge in [-0.3, -0.25) is 4.79 Å². The summed E-state index contributed by atoms with van der Waals surface area (Å²) in [6, 6.07) is 16.1. The highest BCUT2D eigenvalue weighted by Crippen LogP contribution is 2.22. The summed E-state index contributed by atoms with van der Waals surface area (Å²) in [7, 11) is 1.99. The number of hydrogen-bond donors (Lipinski definition) is 2. The summed E-state index contributed by atoms with van der Waals surface area (Å²) >= 11 is 0. The van der Waals surface area contributed by atoms with Crippen molar-refractivity contribution in [2.45, 2.75) is 13.3 Å². The first-order valence-electron chi connectivity index (χ1n) is 8.53. The summed E-state index contributed by atoms with van der Waals surface area (Å²) in [6.45, 7) is 2.70. The topological polar surface area (TPSA) is 49.8 Å². The van der Waals surface area contributed by atoms with Gasteiger partial charge >= 0.3 is 0 Å². The first kappa shape index (κ1) is 15.5. The van der Waals surface area contributed by atoms with Gasteiger partial charge in [0.25, 0.3) is 5.91 Å². The average Bonchev–Trinajstić information content (AvgIpc) is 3.15. The van der Waals surface area contributed by atoms with Crippen molar-refractivity contribution >= 4 is 27.7 Å². The molecule has 0 bridgehead atoms. The van der Waals surface area contributed by atoms with Gasteiger partial charge in [-0.1, -0.05) is 24.3 Å². The van der Waals surface area contributed by atoms with E-state index >= 15 is 0 Å². The maximum atomic E-state index is 12.6. The third-order valence-electron chi connectivity index (χ3n) is 4.86. The van der Waals surface area contributed by atoms with Crippen LogP contribution >= 0.6 is 0 Å². The highest BCUT2D eigenvalue weighted by molar-refractivity contribution is 6.06. The van der Waals surface area contributed by atoms with Crippen LogP contribution in [0, 0.1) is 6.92 Å². The molecule has 0 aliphatic heterocycles. The Morgan fingerprint density at radius 2 is 1.92 bits per heavy atom. The second-order valence-corrected chi connectivity index (χ2v) is 6.45. The Bertz CT molecular complexity index is 1070. The molecule has 0 saturated carbocycles. The average molecular weight is 331 g/mol. The Hall–Kier alpha value is -3.01. The Morgan fingerprint density at radius 3 is 2.80 bits per heavy atom. The fourth-order valence-corrected chi connectivity index (χ4v) is 3.55. The first-order valence-corrected chi connectivity index (χ1v) is 8.53. The minimum atomic E-state index is -0.0192. The van der Waals surface area contributed by atoms with E-state index in [-0.39, 0.29) is 5.91 Å². The van der Waals surface area contributed by atoms with Gasteiger partial charge < -0.3 is 14.9 Å². The van der Waals surface area contributed by atoms with Crippen molar-refractivity contribution in [1.29, 1.82) is 0 Å². The van der Waals surface area contributed by atoms with Crippen molar-refractivity contribution < 1.29 is 4.79 Å². The molecular formula is C21H21N3O. The van der Waals surface area contributed by atoms with E-state index < -0.39 is 0 Å². The number of carbonyl (C=O) groups excluding carboxylic acids is 1. The lowest BCUT2D eigenvalue weighted by molar-refractivity contribution is 0.0956. The standard InChI is InChI=1S/C21H21N3O/c1-14-15(16-6-3-4-8-19(16)23-14)10-12-22-21(25)18-7-5-9-20-17(18)11-13-24(20)2/h3-9,11,13,23H,10,12H2,1-2H3,(H,22,25). The van der Waals surface area contributed by atoms with E-state index in [0.29, 0.717) is 6.54 Å². The van der Waals surface area contributed by atoms with Crippen molar-refractivity contribution in [2.24, 2.45) is 7.05 Å². The summed E-state index contributed by atoms with van der Waals surface area (Å²) in [4.78, 5) is 16.0. The summed E-state index contributed by atoms with van der Waals surface area (Å²) in [5.74, 6) is -0.0192. The number of hydrogen-bond acceptors (Lipinski definition) is 1. The van der Waals surface area contributed by atoms with Gasteiger partial charge in [-0.2, -0.15) is 0 Å². The number of H-pyrrole nitrogens is 1. The summed E-state index contributed by atoms with van der Waals surface area (Å²) < 4.78 is 2.03. The van der Waals surface area contributed by atoms with Crippen LogP contribution in [0.2, 0.25) is 0 Å². The molecular weight excluding hydrogens is 310 g/mol. The minimum Gasteiger partial charge on any atom is -0.358 e. The molecule has 4 rings (SSSR count). The zero-order valence-corrected chi connectivity index (χ0v) is 14.5. The quantitative estimate of drug-likeness (QED) is 0.585. The lowest BCUT2D eigenvalue weighted by atomic mass is 10.1. The van der Waals surface area contributed by atoms with Crippen LogP contribution in [-0.2, 0) is 13.5 Å². The molecule has 2 aromatic carbocycles. The van der Waals surface area contributed by atoms with Crippen molar-refractivity contribution in [3.63, 3.8) is 0 Å². The van der Waals surface area contributed by atoms with Crippen LogP contribution in [0.1, 0.15) is 21.6 Å². The van der Waals surface area contributed by atoms with Crippen LogP contribution in [0.4, 0.5) is 0 Å². The van der Waals surface area contributed by atoms with Crippen LogP contribution in [0.3, 0.4) is 0 Å². The zero-order chi connectivity index (χ0) is 17.4. The second kappa shape index (κ2) is 6.13. The normalized spacial score (nSPS) is 11.3. The predicted octanol–water partition coefficient (Wildman–Crippen LogP) is 3.94. The van der Waals surface area contributed by atoms with Crippen LogP contribution in [0.5, 0.6) is 0 Å². The third kappa shape index (κ3) is 2.70. The maximum Gasteiger partial charge on any atom is 0.251 e. The first-order chi connectivity index (χ1) is 12.1. The molecule has 2 heterocycles. The monoisotopic (exact) mass is 331 g/mol. The summed E-state index contributed by atoms with van der Waals surface area (Å²) in [5.41, 5.74) is 5.39. The Balaban J connectivity index is 1.51. The number of para-hydroxylation sites is 1. The number of fused-ring (bicyclic) bond motifs is 2. The van der Waals surface area contributed by atoms with E-state index in [1.54, 1.807) is 0 Å². The van der Waals surface area contributed by atoms with Gasteiger partial charge in [0.2, 0.25) is 0 Å². The summed E-state index contributed by atoms with van der Waals surface area (Å²) in [6.07, 6.45) is 2.79. The Kier molecular flexibility index (Phi) is 3.80. The molecule has 4 heteroatoms. The van der Waals surface area contributed by atoms with Gasteiger partial charge in [-0.15, -0.1) is 0 Å². The number of benzene rings is 2. The number of aryl methyl sites for hydroxylation is 2. The fourth-order valence-electron chi connectivity index (χ4n) is 3.55. The number of carbonyl (C=O) groups is 1. The van der Waals surface area contributed by atoms with E-state index in [1.807, 2.05) is 54.2 Å². The molecule has 0 spiro atoms. The molecule has 0 aliphatic rings. The van der Waals surface area contributed by atoms with Crippen molar-refractivity contribution in [1.82, 2.24) is 14.9 Å². The minimum absolute atomic E-state index is 0.0192. The molecule has 0 aliphatic carbocycles. The molecule has 0 atom stereocenters. The number of amides is 1. The lowest BCUT2D eigenvalue weighted by Crippen LogP contribution is -2.25. The summed E-state index contributed by atoms with van der Waals surface area (Å²) in [5, 5.41) is 5.30. The molecule has 25 heavy (non-hydrogen) atoms. The van der Waals surface area contributed by atoms with E-state index in [4.69, 9.17) is 0 Å². The molecule has 2 N–H and O–H groups in total. The molecule has 0 fully saturated rings. The van der Waals surface area contributed by atoms with Crippen molar-refractivity contribution in [3.05, 3.63) is 71.5 Å². The van der Waals surface area contributed by atoms with E-state index in [9.17, 15) is 4.79 Å². The molecule has 1 amide bonds. The molecule has 0 radical (unpaired) electrons. The molecule has 4 nitrogen and oxygen atoms in total. The van der Waals surface area contributed by atoms with Gasteiger partial charge in [0.05, 0.1) is 0 Å². The lowest BCUT2D eigenvalue weighted by Gasteiger charge is -2.07. The predicted molar refractivity (Wildman–Crippen MR) is 102 cm³/mol. The van der Waals surface area contributed by atoms with Gasteiger partial charge in [-0.05, 0) is 43.2 Å². The van der Waals surface area contributed by atoms with E-state index in [2.05, 4.69) is 29.4 Å². The molecule has 0 saturated heterocycles. The fraction of sp³-hybridized carbons (Fsp3) is 0.190. The highest BCUT2D eigenvalue weighted by Gasteiger charge is 2.12. The molecule has 0 unspecified atom stereocenters. The van der Waals surface area contributed by atoms with E-state index in [0.717, 1.165) is 28.4 Å². The van der Waals surface area contributed by atoms with Crippen LogP contribution in [0.15, 0.2) is 54.7 Å². The van der Waals surface area contributed by atoms with Crippen LogP contribution in [-0.4, -0.2) is 22.0 Å². The largest absolute Gasteiger partial charge is 0.358 e. The number of nitrogens with one attached hydrogen (secondary N) is 2. The second-order valence-electron chi connectivity index (χ2n) is 6.45. The van der Waals surface area contributed by atoms with Crippen molar-refractivity contribution in [2.75, 3.05) is 6.54 Å². The van der Waals surface area contributed by atoms with Crippen LogP contribution < -0.4 is 5.32 Å². The molecule has 4 aromatic rings. The van der Waals surface area contributed by atoms with Gasteiger partial charge in [0.15, 0.2) is 0 Å². The Morgan fingerprint density at radius 1 is 1.08 bits per heavy atom. The molecule has 2 aromatic heterocycles. The van der Waals surface area contributed by atoms with Gasteiger partial charge in [0.1, 0.15) is 0 Å². The van der Waals surface area contributed by atoms with Crippen molar-refractivity contribution in [3.8, 4) is 0 Å².